The molecule has 0 aromatic rings. The number of methoxy groups -OCH3 is 1. The highest BCUT2D eigenvalue weighted by atomic mass is 19.4. The molecule has 0 bridgehead atoms. The fourth-order valence-corrected chi connectivity index (χ4v) is 0.378. The third-order valence-electron chi connectivity index (χ3n) is 0.745. The summed E-state index contributed by atoms with van der Waals surface area (Å²) in [5.41, 5.74) is 0. The first-order chi connectivity index (χ1) is 4.95. The van der Waals surface area contributed by atoms with Crippen molar-refractivity contribution in [1.29, 1.82) is 0 Å². The van der Waals surface area contributed by atoms with Crippen molar-refractivity contribution in [2.45, 2.75) is 6.18 Å². The summed E-state index contributed by atoms with van der Waals surface area (Å²) in [6.07, 6.45) is -4.10. The average Bonchev–Trinajstić information content (AvgIpc) is 1.83. The number of halogens is 3. The van der Waals surface area contributed by atoms with Crippen LogP contribution in [0.3, 0.4) is 0 Å². The molecule has 64 valence electrons. The maximum Gasteiger partial charge on any atom is 0.409 e. The summed E-state index contributed by atoms with van der Waals surface area (Å²) in [5, 5.41) is 0. The van der Waals surface area contributed by atoms with Crippen molar-refractivity contribution < 1.29 is 22.7 Å². The van der Waals surface area contributed by atoms with E-state index in [4.69, 9.17) is 0 Å². The molecule has 0 saturated carbocycles. The van der Waals surface area contributed by atoms with Gasteiger partial charge in [-0.15, -0.1) is 0 Å². The summed E-state index contributed by atoms with van der Waals surface area (Å²) in [6, 6.07) is 0. The molecule has 0 spiro atoms. The molecular weight excluding hydrogens is 161 g/mol. The van der Waals surface area contributed by atoms with Gasteiger partial charge in [0.05, 0.1) is 0 Å². The maximum atomic E-state index is 11.4. The molecule has 0 heterocycles. The average molecular weight is 168 g/mol. The first-order valence-corrected chi connectivity index (χ1v) is 2.73. The summed E-state index contributed by atoms with van der Waals surface area (Å²) < 4.78 is 38.4. The van der Waals surface area contributed by atoms with E-state index in [9.17, 15) is 18.0 Å². The van der Waals surface area contributed by atoms with Crippen molar-refractivity contribution >= 4 is 5.78 Å². The monoisotopic (exact) mass is 168 g/mol. The molecule has 0 aromatic heterocycles. The molecule has 0 saturated heterocycles. The van der Waals surface area contributed by atoms with Crippen LogP contribution in [0.1, 0.15) is 0 Å². The highest BCUT2D eigenvalue weighted by Gasteiger charge is 2.22. The summed E-state index contributed by atoms with van der Waals surface area (Å²) in [4.78, 5) is 10.4. The second-order valence-corrected chi connectivity index (χ2v) is 1.77. The summed E-state index contributed by atoms with van der Waals surface area (Å²) >= 11 is 0. The van der Waals surface area contributed by atoms with E-state index in [2.05, 4.69) is 4.74 Å². The zero-order valence-electron chi connectivity index (χ0n) is 5.81. The van der Waals surface area contributed by atoms with Crippen LogP contribution < -0.4 is 0 Å². The number of allylic oxidation sites excluding steroid dienone is 1. The van der Waals surface area contributed by atoms with Gasteiger partial charge in [0.25, 0.3) is 0 Å². The topological polar surface area (TPSA) is 26.3 Å². The van der Waals surface area contributed by atoms with E-state index < -0.39 is 12.0 Å². The standard InChI is InChI=1S/C6H7F3O2/c1-11-4-5(10)2-3-6(7,8)9/h2-3H,4H2,1H3/b3-2+. The lowest BCUT2D eigenvalue weighted by Gasteiger charge is -1.96. The van der Waals surface area contributed by atoms with Crippen molar-refractivity contribution in [1.82, 2.24) is 0 Å². The lowest BCUT2D eigenvalue weighted by Crippen LogP contribution is -2.06. The summed E-state index contributed by atoms with van der Waals surface area (Å²) in [7, 11) is 1.24. The molecule has 2 nitrogen and oxygen atoms in total. The van der Waals surface area contributed by atoms with Gasteiger partial charge in [-0.2, -0.15) is 13.2 Å². The minimum Gasteiger partial charge on any atom is -0.377 e. The molecule has 11 heavy (non-hydrogen) atoms. The van der Waals surface area contributed by atoms with Crippen LogP contribution >= 0.6 is 0 Å². The zero-order chi connectivity index (χ0) is 8.91. The van der Waals surface area contributed by atoms with Crippen LogP contribution in [0.4, 0.5) is 13.2 Å². The van der Waals surface area contributed by atoms with Crippen LogP contribution in [0.15, 0.2) is 12.2 Å². The maximum absolute atomic E-state index is 11.4. The zero-order valence-corrected chi connectivity index (χ0v) is 5.81. The minimum absolute atomic E-state index is 0.117. The van der Waals surface area contributed by atoms with E-state index in [0.717, 1.165) is 0 Å². The van der Waals surface area contributed by atoms with E-state index >= 15 is 0 Å². The molecule has 0 aromatic carbocycles. The predicted molar refractivity (Wildman–Crippen MR) is 32.1 cm³/mol. The molecular formula is C6H7F3O2. The molecule has 0 aliphatic carbocycles. The largest absolute Gasteiger partial charge is 0.409 e. The van der Waals surface area contributed by atoms with Gasteiger partial charge < -0.3 is 4.74 Å². The van der Waals surface area contributed by atoms with Gasteiger partial charge in [-0.3, -0.25) is 4.79 Å². The van der Waals surface area contributed by atoms with Gasteiger partial charge >= 0.3 is 6.18 Å². The molecule has 0 rings (SSSR count). The number of ether oxygens (including phenoxy) is 1. The lowest BCUT2D eigenvalue weighted by atomic mass is 10.3. The highest BCUT2D eigenvalue weighted by Crippen LogP contribution is 2.15. The number of hydrogen-bond donors (Lipinski definition) is 0. The molecule has 0 fully saturated rings. The van der Waals surface area contributed by atoms with Crippen molar-refractivity contribution in [3.63, 3.8) is 0 Å². The van der Waals surface area contributed by atoms with Crippen molar-refractivity contribution in [2.24, 2.45) is 0 Å². The van der Waals surface area contributed by atoms with E-state index in [-0.39, 0.29) is 12.7 Å². The third kappa shape index (κ3) is 7.05. The van der Waals surface area contributed by atoms with Gasteiger partial charge in [0.1, 0.15) is 6.61 Å². The van der Waals surface area contributed by atoms with E-state index in [1.54, 1.807) is 0 Å². The Hall–Kier alpha value is -0.840. The fraction of sp³-hybridized carbons (Fsp3) is 0.500. The molecule has 0 atom stereocenters. The van der Waals surface area contributed by atoms with E-state index in [1.165, 1.54) is 7.11 Å². The second kappa shape index (κ2) is 4.12. The summed E-state index contributed by atoms with van der Waals surface area (Å²) in [6.45, 7) is -0.327. The van der Waals surface area contributed by atoms with Crippen molar-refractivity contribution in [2.75, 3.05) is 13.7 Å². The fourth-order valence-electron chi connectivity index (χ4n) is 0.378. The SMILES string of the molecule is COCC(=O)/C=C/C(F)(F)F. The van der Waals surface area contributed by atoms with Gasteiger partial charge in [0.2, 0.25) is 0 Å². The van der Waals surface area contributed by atoms with Crippen LogP contribution in [0.5, 0.6) is 0 Å². The molecule has 0 radical (unpaired) electrons. The molecule has 0 aliphatic rings. The quantitative estimate of drug-likeness (QED) is 0.594. The Labute approximate surface area is 61.6 Å². The number of carbonyl (C=O) groups excluding carboxylic acids is 1. The normalized spacial score (nSPS) is 12.4. The Balaban J connectivity index is 3.83. The number of carbonyl (C=O) groups is 1. The van der Waals surface area contributed by atoms with Gasteiger partial charge in [-0.05, 0) is 6.08 Å². The second-order valence-electron chi connectivity index (χ2n) is 1.77. The Kier molecular flexibility index (Phi) is 3.81. The van der Waals surface area contributed by atoms with Crippen LogP contribution in [-0.4, -0.2) is 25.7 Å². The molecule has 0 amide bonds. The Morgan fingerprint density at radius 3 is 2.45 bits per heavy atom. The number of alkyl halides is 3. The van der Waals surface area contributed by atoms with Gasteiger partial charge in [-0.25, -0.2) is 0 Å². The Morgan fingerprint density at radius 1 is 1.55 bits per heavy atom. The minimum atomic E-state index is -4.43. The Morgan fingerprint density at radius 2 is 2.09 bits per heavy atom. The van der Waals surface area contributed by atoms with Crippen molar-refractivity contribution in [3.8, 4) is 0 Å². The third-order valence-corrected chi connectivity index (χ3v) is 0.745. The molecule has 0 aliphatic heterocycles. The van der Waals surface area contributed by atoms with Gasteiger partial charge in [-0.1, -0.05) is 0 Å². The van der Waals surface area contributed by atoms with Crippen LogP contribution in [0, 0.1) is 0 Å². The predicted octanol–water partition coefficient (Wildman–Crippen LogP) is 1.32. The van der Waals surface area contributed by atoms with Gasteiger partial charge in [0, 0.05) is 13.2 Å². The van der Waals surface area contributed by atoms with E-state index in [0.29, 0.717) is 6.08 Å². The van der Waals surface area contributed by atoms with Crippen molar-refractivity contribution in [3.05, 3.63) is 12.2 Å². The molecule has 0 N–H and O–H groups in total. The lowest BCUT2D eigenvalue weighted by molar-refractivity contribution is -0.118. The number of hydrogen-bond acceptors (Lipinski definition) is 2. The van der Waals surface area contributed by atoms with Crippen LogP contribution in [-0.2, 0) is 9.53 Å². The first kappa shape index (κ1) is 10.2. The highest BCUT2D eigenvalue weighted by molar-refractivity contribution is 5.90. The smallest absolute Gasteiger partial charge is 0.377 e. The van der Waals surface area contributed by atoms with Crippen LogP contribution in [0.2, 0.25) is 0 Å². The number of rotatable bonds is 3. The van der Waals surface area contributed by atoms with E-state index in [1.807, 2.05) is 0 Å². The summed E-state index contributed by atoms with van der Waals surface area (Å²) in [5.74, 6) is -0.704. The Bertz CT molecular complexity index is 160. The van der Waals surface area contributed by atoms with Gasteiger partial charge in [0.15, 0.2) is 5.78 Å². The molecule has 0 unspecified atom stereocenters. The first-order valence-electron chi connectivity index (χ1n) is 2.73. The molecule has 5 heteroatoms. The number of ketones is 1. The van der Waals surface area contributed by atoms with Crippen LogP contribution in [0.25, 0.3) is 0 Å².